The van der Waals surface area contributed by atoms with Gasteiger partial charge >= 0.3 is 0 Å². The van der Waals surface area contributed by atoms with Gasteiger partial charge in [0, 0.05) is 18.4 Å². The van der Waals surface area contributed by atoms with E-state index in [0.29, 0.717) is 12.1 Å². The van der Waals surface area contributed by atoms with Crippen LogP contribution in [0.15, 0.2) is 42.6 Å². The van der Waals surface area contributed by atoms with Crippen LogP contribution in [0, 0.1) is 12.7 Å². The Morgan fingerprint density at radius 3 is 2.65 bits per heavy atom. The highest BCUT2D eigenvalue weighted by Gasteiger charge is 2.17. The van der Waals surface area contributed by atoms with Gasteiger partial charge in [0.2, 0.25) is 5.91 Å². The van der Waals surface area contributed by atoms with E-state index in [-0.39, 0.29) is 5.82 Å². The second kappa shape index (κ2) is 6.25. The Kier molecular flexibility index (Phi) is 4.42. The number of carbonyl (C=O) groups excluding carboxylic acids is 1. The van der Waals surface area contributed by atoms with Gasteiger partial charge in [-0.1, -0.05) is 18.2 Å². The minimum absolute atomic E-state index is 0.347. The van der Waals surface area contributed by atoms with Crippen molar-refractivity contribution in [3.63, 3.8) is 0 Å². The van der Waals surface area contributed by atoms with Crippen molar-refractivity contribution < 1.29 is 9.18 Å². The second-order valence-electron chi connectivity index (χ2n) is 4.52. The van der Waals surface area contributed by atoms with Crippen LogP contribution in [0.3, 0.4) is 0 Å². The first-order valence-electron chi connectivity index (χ1n) is 6.26. The van der Waals surface area contributed by atoms with Crippen molar-refractivity contribution >= 4 is 5.91 Å². The molecular formula is C15H16FN3O. The molecule has 104 valence electrons. The van der Waals surface area contributed by atoms with Gasteiger partial charge in [-0.15, -0.1) is 0 Å². The van der Waals surface area contributed by atoms with Crippen LogP contribution in [0.2, 0.25) is 0 Å². The lowest BCUT2D eigenvalue weighted by atomic mass is 10.1. The summed E-state index contributed by atoms with van der Waals surface area (Å²) in [6.07, 6.45) is 1.71. The minimum Gasteiger partial charge on any atom is -0.368 e. The topological polar surface area (TPSA) is 68.0 Å². The molecule has 0 spiro atoms. The fraction of sp³-hybridized carbons (Fsp3) is 0.200. The van der Waals surface area contributed by atoms with Gasteiger partial charge < -0.3 is 5.73 Å². The highest BCUT2D eigenvalue weighted by molar-refractivity contribution is 5.81. The smallest absolute Gasteiger partial charge is 0.239 e. The fourth-order valence-corrected chi connectivity index (χ4v) is 1.95. The summed E-state index contributed by atoms with van der Waals surface area (Å²) in [7, 11) is 0. The molecular weight excluding hydrogens is 257 g/mol. The van der Waals surface area contributed by atoms with E-state index in [1.807, 2.05) is 19.1 Å². The first kappa shape index (κ1) is 14.1. The molecule has 1 amide bonds. The molecule has 20 heavy (non-hydrogen) atoms. The minimum atomic E-state index is -0.657. The first-order chi connectivity index (χ1) is 9.58. The SMILES string of the molecule is Cc1ncccc1CNC(C(N)=O)c1ccc(F)cc1. The highest BCUT2D eigenvalue weighted by Crippen LogP contribution is 2.15. The highest BCUT2D eigenvalue weighted by atomic mass is 19.1. The van der Waals surface area contributed by atoms with E-state index in [0.717, 1.165) is 11.3 Å². The number of nitrogens with two attached hydrogens (primary N) is 1. The summed E-state index contributed by atoms with van der Waals surface area (Å²) in [6, 6.07) is 8.82. The normalized spacial score (nSPS) is 12.1. The quantitative estimate of drug-likeness (QED) is 0.873. The maximum atomic E-state index is 12.9. The molecule has 1 heterocycles. The lowest BCUT2D eigenvalue weighted by Gasteiger charge is -2.16. The maximum absolute atomic E-state index is 12.9. The second-order valence-corrected chi connectivity index (χ2v) is 4.52. The Balaban J connectivity index is 2.13. The van der Waals surface area contributed by atoms with Gasteiger partial charge in [-0.25, -0.2) is 4.39 Å². The molecule has 1 aromatic carbocycles. The van der Waals surface area contributed by atoms with Gasteiger partial charge in [0.1, 0.15) is 11.9 Å². The molecule has 0 aliphatic carbocycles. The monoisotopic (exact) mass is 273 g/mol. The van der Waals surface area contributed by atoms with Crippen LogP contribution in [0.25, 0.3) is 0 Å². The number of rotatable bonds is 5. The van der Waals surface area contributed by atoms with Gasteiger partial charge in [-0.3, -0.25) is 15.1 Å². The van der Waals surface area contributed by atoms with E-state index in [2.05, 4.69) is 10.3 Å². The fourth-order valence-electron chi connectivity index (χ4n) is 1.95. The molecule has 0 radical (unpaired) electrons. The number of benzene rings is 1. The summed E-state index contributed by atoms with van der Waals surface area (Å²) in [6.45, 7) is 2.36. The molecule has 5 heteroatoms. The van der Waals surface area contributed by atoms with Gasteiger partial charge in [0.25, 0.3) is 0 Å². The predicted molar refractivity (Wildman–Crippen MR) is 74.1 cm³/mol. The number of hydrogen-bond acceptors (Lipinski definition) is 3. The molecule has 2 rings (SSSR count). The Morgan fingerprint density at radius 1 is 1.35 bits per heavy atom. The van der Waals surface area contributed by atoms with Crippen molar-refractivity contribution in [2.75, 3.05) is 0 Å². The van der Waals surface area contributed by atoms with E-state index >= 15 is 0 Å². The van der Waals surface area contributed by atoms with Crippen LogP contribution in [0.4, 0.5) is 4.39 Å². The number of pyridine rings is 1. The van der Waals surface area contributed by atoms with Crippen LogP contribution in [0.5, 0.6) is 0 Å². The number of carbonyl (C=O) groups is 1. The summed E-state index contributed by atoms with van der Waals surface area (Å²) in [4.78, 5) is 15.7. The average Bonchev–Trinajstić information content (AvgIpc) is 2.42. The van der Waals surface area contributed by atoms with Crippen LogP contribution in [-0.4, -0.2) is 10.9 Å². The molecule has 0 bridgehead atoms. The number of aromatic nitrogens is 1. The first-order valence-corrected chi connectivity index (χ1v) is 6.26. The molecule has 2 aromatic rings. The van der Waals surface area contributed by atoms with Crippen molar-refractivity contribution in [2.24, 2.45) is 5.73 Å². The van der Waals surface area contributed by atoms with E-state index in [9.17, 15) is 9.18 Å². The number of amides is 1. The lowest BCUT2D eigenvalue weighted by molar-refractivity contribution is -0.120. The zero-order valence-electron chi connectivity index (χ0n) is 11.1. The third-order valence-electron chi connectivity index (χ3n) is 3.10. The van der Waals surface area contributed by atoms with E-state index in [4.69, 9.17) is 5.73 Å². The lowest BCUT2D eigenvalue weighted by Crippen LogP contribution is -2.33. The van der Waals surface area contributed by atoms with Crippen molar-refractivity contribution in [1.82, 2.24) is 10.3 Å². The Labute approximate surface area is 116 Å². The summed E-state index contributed by atoms with van der Waals surface area (Å²) >= 11 is 0. The maximum Gasteiger partial charge on any atom is 0.239 e. The van der Waals surface area contributed by atoms with Crippen LogP contribution in [-0.2, 0) is 11.3 Å². The van der Waals surface area contributed by atoms with Crippen LogP contribution < -0.4 is 11.1 Å². The Morgan fingerprint density at radius 2 is 2.05 bits per heavy atom. The molecule has 3 N–H and O–H groups in total. The number of primary amides is 1. The molecule has 0 aliphatic heterocycles. The Hall–Kier alpha value is -2.27. The van der Waals surface area contributed by atoms with Gasteiger partial charge in [0.05, 0.1) is 0 Å². The van der Waals surface area contributed by atoms with Crippen molar-refractivity contribution in [2.45, 2.75) is 19.5 Å². The summed E-state index contributed by atoms with van der Waals surface area (Å²) < 4.78 is 12.9. The third kappa shape index (κ3) is 3.39. The number of nitrogens with one attached hydrogen (secondary N) is 1. The van der Waals surface area contributed by atoms with Crippen molar-refractivity contribution in [3.05, 3.63) is 65.2 Å². The van der Waals surface area contributed by atoms with Crippen LogP contribution >= 0.6 is 0 Å². The van der Waals surface area contributed by atoms with E-state index < -0.39 is 11.9 Å². The number of aryl methyl sites for hydroxylation is 1. The molecule has 0 fully saturated rings. The summed E-state index contributed by atoms with van der Waals surface area (Å²) in [5, 5.41) is 3.08. The standard InChI is InChI=1S/C15H16FN3O/c1-10-12(3-2-8-18-10)9-19-14(15(17)20)11-4-6-13(16)7-5-11/h2-8,14,19H,9H2,1H3,(H2,17,20). The summed E-state index contributed by atoms with van der Waals surface area (Å²) in [5.41, 5.74) is 7.92. The predicted octanol–water partition coefficient (Wildman–Crippen LogP) is 1.85. The van der Waals surface area contributed by atoms with Crippen LogP contribution in [0.1, 0.15) is 22.9 Å². The van der Waals surface area contributed by atoms with Gasteiger partial charge in [0.15, 0.2) is 0 Å². The molecule has 1 unspecified atom stereocenters. The molecule has 1 aromatic heterocycles. The van der Waals surface area contributed by atoms with Gasteiger partial charge in [-0.05, 0) is 36.2 Å². The third-order valence-corrected chi connectivity index (χ3v) is 3.10. The zero-order valence-corrected chi connectivity index (χ0v) is 11.1. The largest absolute Gasteiger partial charge is 0.368 e. The number of halogens is 1. The average molecular weight is 273 g/mol. The van der Waals surface area contributed by atoms with Gasteiger partial charge in [-0.2, -0.15) is 0 Å². The Bertz CT molecular complexity index is 598. The molecule has 0 saturated carbocycles. The molecule has 0 saturated heterocycles. The molecule has 4 nitrogen and oxygen atoms in total. The summed E-state index contributed by atoms with van der Waals surface area (Å²) in [5.74, 6) is -0.849. The number of nitrogens with zero attached hydrogens (tertiary/aromatic N) is 1. The number of hydrogen-bond donors (Lipinski definition) is 2. The van der Waals surface area contributed by atoms with Crippen molar-refractivity contribution in [1.29, 1.82) is 0 Å². The van der Waals surface area contributed by atoms with E-state index in [1.165, 1.54) is 12.1 Å². The molecule has 1 atom stereocenters. The zero-order chi connectivity index (χ0) is 14.5. The van der Waals surface area contributed by atoms with Crippen molar-refractivity contribution in [3.8, 4) is 0 Å². The molecule has 0 aliphatic rings. The van der Waals surface area contributed by atoms with E-state index in [1.54, 1.807) is 18.3 Å².